The molecule has 12 heavy (non-hydrogen) atoms. The van der Waals surface area contributed by atoms with Crippen LogP contribution in [0.4, 0.5) is 0 Å². The van der Waals surface area contributed by atoms with E-state index in [9.17, 15) is 9.59 Å². The van der Waals surface area contributed by atoms with Crippen LogP contribution in [0.5, 0.6) is 0 Å². The van der Waals surface area contributed by atoms with Gasteiger partial charge in [-0.25, -0.2) is 9.78 Å². The van der Waals surface area contributed by atoms with Gasteiger partial charge in [-0.3, -0.25) is 4.79 Å². The van der Waals surface area contributed by atoms with Crippen LogP contribution in [0.15, 0.2) is 32.5 Å². The SMILES string of the molecule is O=c1ccc2c(=O)[nH]cnc2o1. The van der Waals surface area contributed by atoms with Crippen molar-refractivity contribution in [1.82, 2.24) is 9.97 Å². The van der Waals surface area contributed by atoms with Crippen LogP contribution in [0.1, 0.15) is 0 Å². The first-order valence-electron chi connectivity index (χ1n) is 3.25. The molecule has 0 unspecified atom stereocenters. The van der Waals surface area contributed by atoms with Gasteiger partial charge in [-0.05, 0) is 6.07 Å². The van der Waals surface area contributed by atoms with E-state index < -0.39 is 5.63 Å². The number of hydrogen-bond acceptors (Lipinski definition) is 4. The molecule has 0 spiro atoms. The highest BCUT2D eigenvalue weighted by molar-refractivity contribution is 5.70. The molecule has 0 aliphatic rings. The Balaban J connectivity index is 3.06. The van der Waals surface area contributed by atoms with Crippen LogP contribution in [0.25, 0.3) is 11.1 Å². The predicted octanol–water partition coefficient (Wildman–Crippen LogP) is -0.124. The molecular formula is C7H4N2O3. The van der Waals surface area contributed by atoms with Crippen LogP contribution in [0.3, 0.4) is 0 Å². The number of aromatic nitrogens is 2. The molecule has 5 nitrogen and oxygen atoms in total. The fourth-order valence-corrected chi connectivity index (χ4v) is 0.903. The second-order valence-electron chi connectivity index (χ2n) is 2.20. The molecule has 0 atom stereocenters. The van der Waals surface area contributed by atoms with Crippen molar-refractivity contribution in [3.63, 3.8) is 0 Å². The quantitative estimate of drug-likeness (QED) is 0.588. The summed E-state index contributed by atoms with van der Waals surface area (Å²) < 4.78 is 4.66. The number of nitrogens with zero attached hydrogens (tertiary/aromatic N) is 1. The van der Waals surface area contributed by atoms with E-state index in [0.717, 1.165) is 0 Å². The second-order valence-corrected chi connectivity index (χ2v) is 2.20. The molecule has 0 fully saturated rings. The van der Waals surface area contributed by atoms with Gasteiger partial charge >= 0.3 is 5.63 Å². The molecule has 0 bridgehead atoms. The van der Waals surface area contributed by atoms with Crippen LogP contribution in [0.2, 0.25) is 0 Å². The summed E-state index contributed by atoms with van der Waals surface area (Å²) in [4.78, 5) is 27.8. The Bertz CT molecular complexity index is 526. The molecule has 2 rings (SSSR count). The second kappa shape index (κ2) is 2.30. The minimum atomic E-state index is -0.513. The Kier molecular flexibility index (Phi) is 1.30. The van der Waals surface area contributed by atoms with Gasteiger partial charge in [-0.1, -0.05) is 0 Å². The Hall–Kier alpha value is -1.91. The largest absolute Gasteiger partial charge is 0.403 e. The molecule has 0 aliphatic carbocycles. The summed E-state index contributed by atoms with van der Waals surface area (Å²) in [5.74, 6) is 0. The van der Waals surface area contributed by atoms with Gasteiger partial charge in [0.2, 0.25) is 5.71 Å². The summed E-state index contributed by atoms with van der Waals surface area (Å²) in [6.07, 6.45) is 1.19. The summed E-state index contributed by atoms with van der Waals surface area (Å²) in [5, 5.41) is 0.275. The van der Waals surface area contributed by atoms with Gasteiger partial charge in [-0.2, -0.15) is 0 Å². The number of fused-ring (bicyclic) bond motifs is 1. The zero-order valence-electron chi connectivity index (χ0n) is 5.90. The number of nitrogens with one attached hydrogen (secondary N) is 1. The molecule has 0 aromatic carbocycles. The van der Waals surface area contributed by atoms with E-state index in [1.54, 1.807) is 0 Å². The average molecular weight is 164 g/mol. The van der Waals surface area contributed by atoms with Crippen LogP contribution in [0, 0.1) is 0 Å². The Morgan fingerprint density at radius 3 is 3.00 bits per heavy atom. The molecule has 2 heterocycles. The standard InChI is InChI=1S/C7H4N2O3/c10-5-2-1-4-6(11)8-3-9-7(4)12-5/h1-3H,(H,8,9,11). The minimum absolute atomic E-state index is 0.0613. The normalized spacial score (nSPS) is 10.3. The number of H-pyrrole nitrogens is 1. The van der Waals surface area contributed by atoms with Gasteiger partial charge in [0.15, 0.2) is 0 Å². The Labute approximate surface area is 65.7 Å². The van der Waals surface area contributed by atoms with Crippen LogP contribution in [-0.4, -0.2) is 9.97 Å². The summed E-state index contributed by atoms with van der Waals surface area (Å²) in [6.45, 7) is 0. The number of aromatic amines is 1. The van der Waals surface area contributed by atoms with Crippen molar-refractivity contribution in [3.8, 4) is 0 Å². The van der Waals surface area contributed by atoms with E-state index >= 15 is 0 Å². The maximum absolute atomic E-state index is 11.0. The fraction of sp³-hybridized carbons (Fsp3) is 0. The van der Waals surface area contributed by atoms with E-state index in [1.807, 2.05) is 0 Å². The van der Waals surface area contributed by atoms with Crippen LogP contribution < -0.4 is 11.2 Å². The van der Waals surface area contributed by atoms with Crippen molar-refractivity contribution in [1.29, 1.82) is 0 Å². The summed E-state index contributed by atoms with van der Waals surface area (Å²) in [7, 11) is 0. The molecule has 60 valence electrons. The molecule has 0 radical (unpaired) electrons. The van der Waals surface area contributed by atoms with E-state index in [4.69, 9.17) is 0 Å². The van der Waals surface area contributed by atoms with Crippen molar-refractivity contribution >= 4 is 11.1 Å². The lowest BCUT2D eigenvalue weighted by Gasteiger charge is -1.90. The topological polar surface area (TPSA) is 76.0 Å². The minimum Gasteiger partial charge on any atom is -0.403 e. The van der Waals surface area contributed by atoms with Crippen molar-refractivity contribution in [2.24, 2.45) is 0 Å². The highest BCUT2D eigenvalue weighted by Crippen LogP contribution is 1.98. The first-order valence-corrected chi connectivity index (χ1v) is 3.25. The maximum Gasteiger partial charge on any atom is 0.337 e. The lowest BCUT2D eigenvalue weighted by atomic mass is 10.4. The van der Waals surface area contributed by atoms with Crippen molar-refractivity contribution in [2.75, 3.05) is 0 Å². The van der Waals surface area contributed by atoms with Crippen molar-refractivity contribution < 1.29 is 4.42 Å². The molecule has 1 N–H and O–H groups in total. The van der Waals surface area contributed by atoms with Gasteiger partial charge in [-0.15, -0.1) is 0 Å². The van der Waals surface area contributed by atoms with Crippen LogP contribution >= 0.6 is 0 Å². The summed E-state index contributed by atoms with van der Waals surface area (Å²) in [6, 6.07) is 2.56. The first kappa shape index (κ1) is 6.78. The molecule has 0 aliphatic heterocycles. The highest BCUT2D eigenvalue weighted by Gasteiger charge is 1.99. The van der Waals surface area contributed by atoms with Crippen LogP contribution in [-0.2, 0) is 0 Å². The zero-order valence-corrected chi connectivity index (χ0v) is 5.90. The van der Waals surface area contributed by atoms with Crippen molar-refractivity contribution in [2.45, 2.75) is 0 Å². The number of hydrogen-bond donors (Lipinski definition) is 1. The molecule has 0 amide bonds. The summed E-state index contributed by atoms with van der Waals surface area (Å²) >= 11 is 0. The Morgan fingerprint density at radius 1 is 1.33 bits per heavy atom. The fourth-order valence-electron chi connectivity index (χ4n) is 0.903. The summed E-state index contributed by atoms with van der Waals surface area (Å²) in [5.41, 5.74) is -0.768. The molecule has 0 saturated heterocycles. The van der Waals surface area contributed by atoms with E-state index in [2.05, 4.69) is 14.4 Å². The van der Waals surface area contributed by atoms with Gasteiger partial charge < -0.3 is 9.40 Å². The molecule has 0 saturated carbocycles. The molecule has 2 aromatic heterocycles. The van der Waals surface area contributed by atoms with E-state index in [-0.39, 0.29) is 16.7 Å². The molecule has 5 heteroatoms. The predicted molar refractivity (Wildman–Crippen MR) is 40.9 cm³/mol. The average Bonchev–Trinajstić information content (AvgIpc) is 2.04. The Morgan fingerprint density at radius 2 is 2.17 bits per heavy atom. The monoisotopic (exact) mass is 164 g/mol. The highest BCUT2D eigenvalue weighted by atomic mass is 16.4. The van der Waals surface area contributed by atoms with Gasteiger partial charge in [0.25, 0.3) is 5.56 Å². The lowest BCUT2D eigenvalue weighted by Crippen LogP contribution is -2.08. The molecule has 2 aromatic rings. The molecular weight excluding hydrogens is 160 g/mol. The van der Waals surface area contributed by atoms with E-state index in [1.165, 1.54) is 18.5 Å². The third-order valence-electron chi connectivity index (χ3n) is 1.44. The van der Waals surface area contributed by atoms with E-state index in [0.29, 0.717) is 0 Å². The number of rotatable bonds is 0. The third kappa shape index (κ3) is 0.914. The smallest absolute Gasteiger partial charge is 0.337 e. The van der Waals surface area contributed by atoms with Crippen molar-refractivity contribution in [3.05, 3.63) is 39.2 Å². The first-order chi connectivity index (χ1) is 5.77. The lowest BCUT2D eigenvalue weighted by molar-refractivity contribution is 0.548. The third-order valence-corrected chi connectivity index (χ3v) is 1.44. The van der Waals surface area contributed by atoms with Gasteiger partial charge in [0.1, 0.15) is 5.39 Å². The zero-order chi connectivity index (χ0) is 8.55. The van der Waals surface area contributed by atoms with Gasteiger partial charge in [0.05, 0.1) is 6.33 Å². The maximum atomic E-state index is 11.0. The van der Waals surface area contributed by atoms with Gasteiger partial charge in [0, 0.05) is 6.07 Å².